The average molecular weight is 492 g/mol. The maximum atomic E-state index is 13.1. The van der Waals surface area contributed by atoms with E-state index in [0.29, 0.717) is 21.1 Å². The van der Waals surface area contributed by atoms with Crippen molar-refractivity contribution in [2.24, 2.45) is 10.7 Å². The first-order valence-corrected chi connectivity index (χ1v) is 11.9. The fourth-order valence-electron chi connectivity index (χ4n) is 2.84. The third-order valence-corrected chi connectivity index (χ3v) is 6.42. The first-order chi connectivity index (χ1) is 15.5. The Balaban J connectivity index is 2.07. The van der Waals surface area contributed by atoms with Crippen LogP contribution >= 0.6 is 11.3 Å². The summed E-state index contributed by atoms with van der Waals surface area (Å²) in [5.74, 6) is -0.282. The largest absolute Gasteiger partial charge is 0.430 e. The van der Waals surface area contributed by atoms with E-state index in [1.807, 2.05) is 6.07 Å². The van der Waals surface area contributed by atoms with Crippen LogP contribution in [0, 0.1) is 0 Å². The highest BCUT2D eigenvalue weighted by Gasteiger charge is 2.32. The van der Waals surface area contributed by atoms with E-state index in [2.05, 4.69) is 10.3 Å². The number of alkyl halides is 3. The molecule has 5 nitrogen and oxygen atoms in total. The average Bonchev–Trinajstić information content (AvgIpc) is 3.22. The van der Waals surface area contributed by atoms with Gasteiger partial charge in [0, 0.05) is 39.4 Å². The Morgan fingerprint density at radius 3 is 2.52 bits per heavy atom. The van der Waals surface area contributed by atoms with Crippen molar-refractivity contribution < 1.29 is 22.2 Å². The topological polar surface area (TPSA) is 84.6 Å². The van der Waals surface area contributed by atoms with Gasteiger partial charge in [-0.15, -0.1) is 11.3 Å². The Hall–Kier alpha value is -3.24. The number of hydrogen-bond donors (Lipinski definition) is 2. The van der Waals surface area contributed by atoms with Crippen molar-refractivity contribution in [3.63, 3.8) is 0 Å². The Bertz CT molecular complexity index is 1260. The highest BCUT2D eigenvalue weighted by atomic mass is 32.2. The third-order valence-electron chi connectivity index (χ3n) is 4.34. The first-order valence-electron chi connectivity index (χ1n) is 9.58. The van der Waals surface area contributed by atoms with E-state index in [9.17, 15) is 22.2 Å². The molecule has 0 saturated heterocycles. The van der Waals surface area contributed by atoms with Crippen molar-refractivity contribution in [1.82, 2.24) is 0 Å². The second kappa shape index (κ2) is 10.1. The van der Waals surface area contributed by atoms with Crippen molar-refractivity contribution in [2.75, 3.05) is 11.6 Å². The molecule has 0 fully saturated rings. The first kappa shape index (κ1) is 24.4. The predicted octanol–water partition coefficient (Wildman–Crippen LogP) is 5.64. The zero-order valence-electron chi connectivity index (χ0n) is 17.6. The van der Waals surface area contributed by atoms with Crippen LogP contribution in [-0.4, -0.2) is 28.3 Å². The molecule has 10 heteroatoms. The number of nitrogens with two attached hydrogens (primary N) is 1. The van der Waals surface area contributed by atoms with E-state index in [1.54, 1.807) is 60.9 Å². The monoisotopic (exact) mass is 491 g/mol. The van der Waals surface area contributed by atoms with Crippen LogP contribution in [0.4, 0.5) is 24.5 Å². The summed E-state index contributed by atoms with van der Waals surface area (Å²) in [6.45, 7) is 1.35. The lowest BCUT2D eigenvalue weighted by Gasteiger charge is -2.08. The molecule has 0 bridgehead atoms. The molecule has 1 aromatic heterocycles. The molecule has 0 spiro atoms. The van der Waals surface area contributed by atoms with Crippen LogP contribution in [0.5, 0.6) is 0 Å². The molecule has 0 radical (unpaired) electrons. The summed E-state index contributed by atoms with van der Waals surface area (Å²) in [7, 11) is -1.17. The van der Waals surface area contributed by atoms with E-state index in [0.717, 1.165) is 16.5 Å². The number of nitrogens with one attached hydrogen (secondary N) is 1. The van der Waals surface area contributed by atoms with E-state index in [1.165, 1.54) is 18.3 Å². The van der Waals surface area contributed by atoms with Gasteiger partial charge in [0.2, 0.25) is 5.91 Å². The zero-order chi connectivity index (χ0) is 24.2. The normalized spacial score (nSPS) is 13.6. The predicted molar refractivity (Wildman–Crippen MR) is 127 cm³/mol. The van der Waals surface area contributed by atoms with Crippen molar-refractivity contribution in [1.29, 1.82) is 0 Å². The molecule has 3 aromatic rings. The molecule has 1 atom stereocenters. The molecular formula is C23H20F3N3O2S2. The molecule has 0 aliphatic carbocycles. The van der Waals surface area contributed by atoms with Crippen molar-refractivity contribution in [3.8, 4) is 10.4 Å². The number of hydrogen-bond acceptors (Lipinski definition) is 5. The molecule has 1 heterocycles. The van der Waals surface area contributed by atoms with Gasteiger partial charge in [0.1, 0.15) is 5.70 Å². The van der Waals surface area contributed by atoms with E-state index < -0.39 is 22.7 Å². The third kappa shape index (κ3) is 6.62. The number of amides is 1. The Morgan fingerprint density at radius 2 is 1.85 bits per heavy atom. The summed E-state index contributed by atoms with van der Waals surface area (Å²) in [6.07, 6.45) is -2.35. The molecule has 3 rings (SSSR count). The molecule has 172 valence electrons. The summed E-state index contributed by atoms with van der Waals surface area (Å²) in [6, 6.07) is 17.0. The zero-order valence-corrected chi connectivity index (χ0v) is 19.3. The Morgan fingerprint density at radius 1 is 1.12 bits per heavy atom. The van der Waals surface area contributed by atoms with Gasteiger partial charge < -0.3 is 11.1 Å². The summed E-state index contributed by atoms with van der Waals surface area (Å²) in [5, 5.41) is 2.61. The number of halogens is 3. The second-order valence-electron chi connectivity index (χ2n) is 6.97. The molecule has 2 aromatic carbocycles. The molecule has 1 unspecified atom stereocenters. The molecule has 0 saturated carbocycles. The van der Waals surface area contributed by atoms with Crippen LogP contribution in [0.1, 0.15) is 11.8 Å². The van der Waals surface area contributed by atoms with Gasteiger partial charge in [-0.25, -0.2) is 4.99 Å². The Labute approximate surface area is 195 Å². The number of allylic oxidation sites excluding steroid dienone is 2. The summed E-state index contributed by atoms with van der Waals surface area (Å²) in [4.78, 5) is 17.6. The summed E-state index contributed by atoms with van der Waals surface area (Å²) < 4.78 is 51.2. The number of nitrogens with zero attached hydrogens (tertiary/aromatic N) is 1. The number of rotatable bonds is 6. The number of aliphatic imine (C=N–C) groups is 1. The van der Waals surface area contributed by atoms with Gasteiger partial charge in [-0.05, 0) is 54.1 Å². The fraction of sp³-hybridized carbons (Fsp3) is 0.130. The highest BCUT2D eigenvalue weighted by molar-refractivity contribution is 7.84. The molecular weight excluding hydrogens is 471 g/mol. The van der Waals surface area contributed by atoms with Crippen LogP contribution < -0.4 is 11.1 Å². The maximum absolute atomic E-state index is 13.1. The van der Waals surface area contributed by atoms with Gasteiger partial charge in [-0.2, -0.15) is 13.2 Å². The van der Waals surface area contributed by atoms with Crippen LogP contribution in [-0.2, 0) is 15.6 Å². The van der Waals surface area contributed by atoms with Gasteiger partial charge in [0.05, 0.1) is 16.3 Å². The maximum Gasteiger partial charge on any atom is 0.430 e. The lowest BCUT2D eigenvalue weighted by molar-refractivity contribution is -0.114. The quantitative estimate of drug-likeness (QED) is 0.438. The number of carbonyl (C=O) groups is 1. The van der Waals surface area contributed by atoms with Gasteiger partial charge in [-0.1, -0.05) is 18.2 Å². The van der Waals surface area contributed by atoms with E-state index >= 15 is 0 Å². The molecule has 33 heavy (non-hydrogen) atoms. The standard InChI is InChI=1S/C23H20F3N3O2S2/c1-14(30)28-16-6-4-7-17(12-16)29-19(13-22(27)23(24,25)26)21-10-9-20(32-21)15-5-3-8-18(11-15)33(2)31/h3-13H,27H2,1-2H3,(H,28,30). The number of benzene rings is 2. The molecule has 0 aliphatic heterocycles. The highest BCUT2D eigenvalue weighted by Crippen LogP contribution is 2.32. The fourth-order valence-corrected chi connectivity index (χ4v) is 4.37. The minimum atomic E-state index is -4.71. The van der Waals surface area contributed by atoms with Crippen LogP contribution in [0.15, 0.2) is 82.3 Å². The summed E-state index contributed by atoms with van der Waals surface area (Å²) in [5.41, 5.74) is 5.63. The number of thiophene rings is 1. The molecule has 3 N–H and O–H groups in total. The van der Waals surface area contributed by atoms with Crippen molar-refractivity contribution in [3.05, 3.63) is 77.3 Å². The van der Waals surface area contributed by atoms with Gasteiger partial charge in [0.25, 0.3) is 0 Å². The smallest absolute Gasteiger partial charge is 0.395 e. The summed E-state index contributed by atoms with van der Waals surface area (Å²) >= 11 is 1.23. The lowest BCUT2D eigenvalue weighted by atomic mass is 10.2. The second-order valence-corrected chi connectivity index (χ2v) is 9.44. The number of anilines is 1. The van der Waals surface area contributed by atoms with E-state index in [4.69, 9.17) is 5.73 Å². The van der Waals surface area contributed by atoms with Gasteiger partial charge in [-0.3, -0.25) is 9.00 Å². The van der Waals surface area contributed by atoms with Crippen molar-refractivity contribution >= 4 is 45.1 Å². The lowest BCUT2D eigenvalue weighted by Crippen LogP contribution is -2.20. The minimum absolute atomic E-state index is 0.0243. The molecule has 0 aliphatic rings. The van der Waals surface area contributed by atoms with E-state index in [-0.39, 0.29) is 11.6 Å². The SMILES string of the molecule is CC(=O)Nc1cccc(N=C(C=C(N)C(F)(F)F)c2ccc(-c3cccc(S(C)=O)c3)s2)c1. The van der Waals surface area contributed by atoms with Gasteiger partial charge in [0.15, 0.2) is 0 Å². The van der Waals surface area contributed by atoms with Crippen LogP contribution in [0.25, 0.3) is 10.4 Å². The molecule has 1 amide bonds. The van der Waals surface area contributed by atoms with Crippen LogP contribution in [0.2, 0.25) is 0 Å². The van der Waals surface area contributed by atoms with Crippen molar-refractivity contribution in [2.45, 2.75) is 18.0 Å². The number of carbonyl (C=O) groups excluding carboxylic acids is 1. The van der Waals surface area contributed by atoms with Gasteiger partial charge >= 0.3 is 6.18 Å². The Kier molecular flexibility index (Phi) is 7.50. The van der Waals surface area contributed by atoms with Crippen LogP contribution in [0.3, 0.4) is 0 Å². The minimum Gasteiger partial charge on any atom is -0.395 e.